The summed E-state index contributed by atoms with van der Waals surface area (Å²) in [5.74, 6) is 2.72. The molecule has 2 heterocycles. The highest BCUT2D eigenvalue weighted by Crippen LogP contribution is 2.53. The van der Waals surface area contributed by atoms with E-state index < -0.39 is 0 Å². The Bertz CT molecular complexity index is 815. The van der Waals surface area contributed by atoms with Gasteiger partial charge in [-0.25, -0.2) is 0 Å². The van der Waals surface area contributed by atoms with Gasteiger partial charge in [0.25, 0.3) is 0 Å². The smallest absolute Gasteiger partial charge is 0.231 e. The highest BCUT2D eigenvalue weighted by atomic mass is 16.7. The van der Waals surface area contributed by atoms with Gasteiger partial charge in [-0.15, -0.1) is 0 Å². The van der Waals surface area contributed by atoms with Crippen LogP contribution in [0.2, 0.25) is 0 Å². The van der Waals surface area contributed by atoms with Gasteiger partial charge in [0.1, 0.15) is 5.75 Å². The molecule has 0 bridgehead atoms. The third-order valence-electron chi connectivity index (χ3n) is 5.38. The number of fused-ring (bicyclic) bond motifs is 4. The van der Waals surface area contributed by atoms with E-state index in [1.807, 2.05) is 6.07 Å². The number of hydrogen-bond donors (Lipinski definition) is 0. The molecule has 1 aliphatic carbocycles. The molecule has 3 aliphatic rings. The van der Waals surface area contributed by atoms with Crippen molar-refractivity contribution in [3.63, 3.8) is 0 Å². The molecule has 0 saturated carbocycles. The first kappa shape index (κ1) is 13.3. The Morgan fingerprint density at radius 2 is 2.09 bits per heavy atom. The van der Waals surface area contributed by atoms with Crippen molar-refractivity contribution in [3.05, 3.63) is 41.0 Å². The van der Waals surface area contributed by atoms with Crippen LogP contribution in [0.4, 0.5) is 0 Å². The zero-order valence-corrected chi connectivity index (χ0v) is 13.4. The molecule has 1 atom stereocenters. The standard InChI is InChI=1S/C19H19NO3/c1-20-6-5-11-9-16-19(23-10-22-16)18-14-4-3-13(21-2)7-12(14)8-15(20)17(11)18/h3-4,7,9,15H,5-6,8,10H2,1-2H3/t15-/m1/s1. The minimum Gasteiger partial charge on any atom is -0.497 e. The van der Waals surface area contributed by atoms with E-state index in [1.54, 1.807) is 7.11 Å². The van der Waals surface area contributed by atoms with Crippen LogP contribution in [0.1, 0.15) is 22.7 Å². The minimum absolute atomic E-state index is 0.317. The van der Waals surface area contributed by atoms with Crippen molar-refractivity contribution in [3.8, 4) is 28.4 Å². The number of rotatable bonds is 1. The monoisotopic (exact) mass is 309 g/mol. The Labute approximate surface area is 135 Å². The summed E-state index contributed by atoms with van der Waals surface area (Å²) in [7, 11) is 3.94. The van der Waals surface area contributed by atoms with Crippen LogP contribution >= 0.6 is 0 Å². The fourth-order valence-electron chi connectivity index (χ4n) is 4.21. The molecule has 2 aromatic rings. The maximum Gasteiger partial charge on any atom is 0.231 e. The number of hydrogen-bond acceptors (Lipinski definition) is 4. The van der Waals surface area contributed by atoms with Crippen LogP contribution in [-0.4, -0.2) is 32.4 Å². The topological polar surface area (TPSA) is 30.9 Å². The molecule has 4 nitrogen and oxygen atoms in total. The Hall–Kier alpha value is -2.20. The van der Waals surface area contributed by atoms with Crippen LogP contribution in [-0.2, 0) is 12.8 Å². The molecule has 0 saturated heterocycles. The molecule has 0 spiro atoms. The van der Waals surface area contributed by atoms with Crippen LogP contribution < -0.4 is 14.2 Å². The molecule has 0 fully saturated rings. The lowest BCUT2D eigenvalue weighted by atomic mass is 9.76. The van der Waals surface area contributed by atoms with Gasteiger partial charge in [-0.05, 0) is 60.3 Å². The van der Waals surface area contributed by atoms with Crippen LogP contribution in [0, 0.1) is 0 Å². The summed E-state index contributed by atoms with van der Waals surface area (Å²) in [4.78, 5) is 2.45. The molecule has 5 rings (SSSR count). The van der Waals surface area contributed by atoms with Crippen molar-refractivity contribution in [1.29, 1.82) is 0 Å². The Balaban J connectivity index is 1.83. The summed E-state index contributed by atoms with van der Waals surface area (Å²) in [5.41, 5.74) is 6.66. The number of methoxy groups -OCH3 is 1. The highest BCUT2D eigenvalue weighted by molar-refractivity contribution is 5.84. The average Bonchev–Trinajstić information content (AvgIpc) is 3.05. The molecule has 0 unspecified atom stereocenters. The molecular formula is C19H19NO3. The summed E-state index contributed by atoms with van der Waals surface area (Å²) in [5, 5.41) is 0. The van der Waals surface area contributed by atoms with Gasteiger partial charge in [-0.2, -0.15) is 0 Å². The van der Waals surface area contributed by atoms with Crippen molar-refractivity contribution in [2.45, 2.75) is 18.9 Å². The maximum atomic E-state index is 5.85. The summed E-state index contributed by atoms with van der Waals surface area (Å²) >= 11 is 0. The average molecular weight is 309 g/mol. The van der Waals surface area contributed by atoms with Crippen molar-refractivity contribution in [2.75, 3.05) is 27.5 Å². The maximum absolute atomic E-state index is 5.85. The first-order valence-corrected chi connectivity index (χ1v) is 8.09. The molecule has 0 amide bonds. The van der Waals surface area contributed by atoms with E-state index in [4.69, 9.17) is 14.2 Å². The SMILES string of the molecule is COc1ccc2c(c1)C[C@@H]1c3c(cc4c(c3-2)OCO4)CCN1C. The molecule has 4 heteroatoms. The first-order valence-electron chi connectivity index (χ1n) is 8.09. The predicted molar refractivity (Wildman–Crippen MR) is 87.3 cm³/mol. The largest absolute Gasteiger partial charge is 0.497 e. The van der Waals surface area contributed by atoms with Crippen LogP contribution in [0.15, 0.2) is 24.3 Å². The summed E-state index contributed by atoms with van der Waals surface area (Å²) in [6.45, 7) is 1.40. The van der Waals surface area contributed by atoms with Gasteiger partial charge in [0, 0.05) is 18.2 Å². The summed E-state index contributed by atoms with van der Waals surface area (Å²) < 4.78 is 17.0. The molecule has 0 N–H and O–H groups in total. The van der Waals surface area contributed by atoms with Crippen molar-refractivity contribution >= 4 is 0 Å². The van der Waals surface area contributed by atoms with Crippen molar-refractivity contribution in [1.82, 2.24) is 4.90 Å². The third kappa shape index (κ3) is 1.75. The molecule has 2 aliphatic heterocycles. The van der Waals surface area contributed by atoms with Gasteiger partial charge in [-0.3, -0.25) is 4.90 Å². The fourth-order valence-corrected chi connectivity index (χ4v) is 4.21. The van der Waals surface area contributed by atoms with E-state index in [-0.39, 0.29) is 0 Å². The third-order valence-corrected chi connectivity index (χ3v) is 5.38. The number of likely N-dealkylation sites (N-methyl/N-ethyl adjacent to an activating group) is 1. The van der Waals surface area contributed by atoms with Gasteiger partial charge in [0.05, 0.1) is 7.11 Å². The van der Waals surface area contributed by atoms with E-state index in [1.165, 1.54) is 27.8 Å². The minimum atomic E-state index is 0.317. The normalized spacial score (nSPS) is 20.9. The number of ether oxygens (including phenoxy) is 3. The van der Waals surface area contributed by atoms with Crippen molar-refractivity contribution in [2.24, 2.45) is 0 Å². The quantitative estimate of drug-likeness (QED) is 0.809. The van der Waals surface area contributed by atoms with Gasteiger partial charge in [0.2, 0.25) is 6.79 Å². The molecular weight excluding hydrogens is 290 g/mol. The fraction of sp³-hybridized carbons (Fsp3) is 0.368. The van der Waals surface area contributed by atoms with E-state index >= 15 is 0 Å². The Kier molecular flexibility index (Phi) is 2.68. The second-order valence-electron chi connectivity index (χ2n) is 6.53. The molecule has 23 heavy (non-hydrogen) atoms. The van der Waals surface area contributed by atoms with E-state index in [0.717, 1.165) is 36.6 Å². The van der Waals surface area contributed by atoms with E-state index in [2.05, 4.69) is 30.1 Å². The van der Waals surface area contributed by atoms with Gasteiger partial charge in [-0.1, -0.05) is 6.07 Å². The number of benzene rings is 2. The van der Waals surface area contributed by atoms with Gasteiger partial charge in [0.15, 0.2) is 11.5 Å². The zero-order valence-electron chi connectivity index (χ0n) is 13.4. The van der Waals surface area contributed by atoms with E-state index in [9.17, 15) is 0 Å². The van der Waals surface area contributed by atoms with Crippen LogP contribution in [0.3, 0.4) is 0 Å². The summed E-state index contributed by atoms with van der Waals surface area (Å²) in [6, 6.07) is 8.96. The first-order chi connectivity index (χ1) is 11.3. The van der Waals surface area contributed by atoms with Gasteiger partial charge >= 0.3 is 0 Å². The second kappa shape index (κ2) is 4.65. The van der Waals surface area contributed by atoms with Crippen LogP contribution in [0.5, 0.6) is 17.2 Å². The van der Waals surface area contributed by atoms with E-state index in [0.29, 0.717) is 12.8 Å². The number of nitrogens with zero attached hydrogens (tertiary/aromatic N) is 1. The Morgan fingerprint density at radius 1 is 1.17 bits per heavy atom. The van der Waals surface area contributed by atoms with Gasteiger partial charge < -0.3 is 14.2 Å². The molecule has 0 aromatic heterocycles. The highest BCUT2D eigenvalue weighted by Gasteiger charge is 2.37. The lowest BCUT2D eigenvalue weighted by Gasteiger charge is -2.40. The predicted octanol–water partition coefficient (Wildman–Crippen LogP) is 3.18. The molecule has 2 aromatic carbocycles. The second-order valence-corrected chi connectivity index (χ2v) is 6.53. The lowest BCUT2D eigenvalue weighted by Crippen LogP contribution is -2.35. The zero-order chi connectivity index (χ0) is 15.6. The lowest BCUT2D eigenvalue weighted by molar-refractivity contribution is 0.174. The molecule has 118 valence electrons. The molecule has 0 radical (unpaired) electrons. The van der Waals surface area contributed by atoms with Crippen molar-refractivity contribution < 1.29 is 14.2 Å². The summed E-state index contributed by atoms with van der Waals surface area (Å²) in [6.07, 6.45) is 2.08. The Morgan fingerprint density at radius 3 is 2.96 bits per heavy atom. The van der Waals surface area contributed by atoms with Crippen LogP contribution in [0.25, 0.3) is 11.1 Å².